The first-order chi connectivity index (χ1) is 25.2. The van der Waals surface area contributed by atoms with Crippen LogP contribution in [0.1, 0.15) is 174 Å². The average Bonchev–Trinajstić information content (AvgIpc) is 3.14. The highest BCUT2D eigenvalue weighted by atomic mass is 16.7. The molecule has 8 N–H and O–H groups in total. The molecule has 1 amide bonds. The third kappa shape index (κ3) is 22.3. The van der Waals surface area contributed by atoms with E-state index in [-0.39, 0.29) is 6.42 Å². The number of carbonyl (C=O) groups excluding carboxylic acids is 1. The smallest absolute Gasteiger partial charge is 0.249 e. The van der Waals surface area contributed by atoms with Crippen LogP contribution in [0.4, 0.5) is 0 Å². The summed E-state index contributed by atoms with van der Waals surface area (Å²) in [6, 6.07) is -1.17. The van der Waals surface area contributed by atoms with Gasteiger partial charge in [-0.1, -0.05) is 148 Å². The Bertz CT molecular complexity index is 861. The molecule has 0 radical (unpaired) electrons. The third-order valence-electron chi connectivity index (χ3n) is 10.3. The molecule has 1 saturated heterocycles. The molecular formula is C41H79NO10. The number of rotatable bonds is 34. The monoisotopic (exact) mass is 746 g/mol. The van der Waals surface area contributed by atoms with Crippen molar-refractivity contribution in [2.45, 2.75) is 229 Å². The Kier molecular flexibility index (Phi) is 30.2. The highest BCUT2D eigenvalue weighted by Crippen LogP contribution is 2.23. The van der Waals surface area contributed by atoms with Crippen molar-refractivity contribution in [3.8, 4) is 0 Å². The summed E-state index contributed by atoms with van der Waals surface area (Å²) in [7, 11) is 0. The largest absolute Gasteiger partial charge is 0.394 e. The lowest BCUT2D eigenvalue weighted by atomic mass is 9.98. The molecule has 1 fully saturated rings. The molecule has 1 heterocycles. The van der Waals surface area contributed by atoms with E-state index < -0.39 is 74.2 Å². The molecule has 0 bridgehead atoms. The Hall–Kier alpha value is -1.15. The van der Waals surface area contributed by atoms with Crippen LogP contribution in [0.25, 0.3) is 0 Å². The third-order valence-corrected chi connectivity index (χ3v) is 10.3. The molecule has 0 aromatic carbocycles. The average molecular weight is 746 g/mol. The van der Waals surface area contributed by atoms with Gasteiger partial charge >= 0.3 is 0 Å². The van der Waals surface area contributed by atoms with Gasteiger partial charge < -0.3 is 50.5 Å². The number of aliphatic hydroxyl groups excluding tert-OH is 7. The number of unbranched alkanes of at least 4 members (excludes halogenated alkanes) is 20. The molecule has 0 aromatic rings. The van der Waals surface area contributed by atoms with E-state index in [4.69, 9.17) is 9.47 Å². The molecule has 0 saturated carbocycles. The minimum absolute atomic E-state index is 0.231. The van der Waals surface area contributed by atoms with Gasteiger partial charge in [-0.05, 0) is 38.5 Å². The van der Waals surface area contributed by atoms with Crippen LogP contribution >= 0.6 is 0 Å². The van der Waals surface area contributed by atoms with Gasteiger partial charge in [0, 0.05) is 0 Å². The van der Waals surface area contributed by atoms with Crippen LogP contribution in [0.15, 0.2) is 12.2 Å². The van der Waals surface area contributed by atoms with E-state index in [2.05, 4.69) is 31.3 Å². The standard InChI is InChI=1S/C41H79NO10/c1-3-5-7-9-11-13-15-17-19-20-22-24-26-28-33(44)36(46)32(31-51-41-39(49)38(48)37(47)35(30-43)52-41)42-40(50)34(45)29-27-25-23-21-18-16-14-12-10-8-6-4-2/h18,21,32-39,41,43-49H,3-17,19-20,22-31H2,1-2H3,(H,42,50)/b21-18-. The second-order valence-electron chi connectivity index (χ2n) is 15.1. The minimum Gasteiger partial charge on any atom is -0.394 e. The van der Waals surface area contributed by atoms with Gasteiger partial charge in [0.2, 0.25) is 5.91 Å². The predicted molar refractivity (Wildman–Crippen MR) is 206 cm³/mol. The predicted octanol–water partition coefficient (Wildman–Crippen LogP) is 5.72. The van der Waals surface area contributed by atoms with Crippen molar-refractivity contribution in [3.63, 3.8) is 0 Å². The zero-order chi connectivity index (χ0) is 38.4. The molecule has 52 heavy (non-hydrogen) atoms. The second kappa shape index (κ2) is 32.1. The van der Waals surface area contributed by atoms with E-state index in [1.165, 1.54) is 96.3 Å². The molecule has 0 spiro atoms. The fraction of sp³-hybridized carbons (Fsp3) is 0.927. The van der Waals surface area contributed by atoms with Gasteiger partial charge in [-0.15, -0.1) is 0 Å². The summed E-state index contributed by atoms with van der Waals surface area (Å²) >= 11 is 0. The Labute approximate surface area is 315 Å². The molecule has 1 aliphatic heterocycles. The number of aliphatic hydroxyl groups is 7. The maximum atomic E-state index is 13.0. The number of carbonyl (C=O) groups is 1. The Morgan fingerprint density at radius 2 is 1.12 bits per heavy atom. The van der Waals surface area contributed by atoms with E-state index in [1.54, 1.807) is 0 Å². The SMILES string of the molecule is CCCCCCCC/C=C\CCCCC(O)C(=O)NC(COC1OC(CO)C(O)C(O)C1O)C(O)C(O)CCCCCCCCCCCCCCC. The molecule has 11 heteroatoms. The Morgan fingerprint density at radius 3 is 1.63 bits per heavy atom. The Balaban J connectivity index is 2.54. The molecule has 1 rings (SSSR count). The van der Waals surface area contributed by atoms with Crippen molar-refractivity contribution < 1.29 is 50.0 Å². The van der Waals surface area contributed by atoms with Gasteiger partial charge in [-0.2, -0.15) is 0 Å². The number of allylic oxidation sites excluding steroid dienone is 2. The fourth-order valence-electron chi connectivity index (χ4n) is 6.73. The number of ether oxygens (including phenoxy) is 2. The summed E-state index contributed by atoms with van der Waals surface area (Å²) in [4.78, 5) is 13.0. The van der Waals surface area contributed by atoms with E-state index >= 15 is 0 Å². The molecule has 1 aliphatic rings. The summed E-state index contributed by atoms with van der Waals surface area (Å²) in [5.74, 6) is -0.715. The van der Waals surface area contributed by atoms with Crippen LogP contribution in [-0.4, -0.2) is 110 Å². The van der Waals surface area contributed by atoms with Gasteiger partial charge in [-0.25, -0.2) is 0 Å². The topological polar surface area (TPSA) is 189 Å². The molecule has 9 atom stereocenters. The van der Waals surface area contributed by atoms with Crippen molar-refractivity contribution in [1.82, 2.24) is 5.32 Å². The quantitative estimate of drug-likeness (QED) is 0.0299. The van der Waals surface area contributed by atoms with Crippen LogP contribution in [0.2, 0.25) is 0 Å². The van der Waals surface area contributed by atoms with Gasteiger partial charge in [0.05, 0.1) is 25.4 Å². The zero-order valence-corrected chi connectivity index (χ0v) is 32.8. The second-order valence-corrected chi connectivity index (χ2v) is 15.1. The lowest BCUT2D eigenvalue weighted by molar-refractivity contribution is -0.303. The number of hydrogen-bond donors (Lipinski definition) is 8. The lowest BCUT2D eigenvalue weighted by Gasteiger charge is -2.40. The highest BCUT2D eigenvalue weighted by molar-refractivity contribution is 5.80. The summed E-state index contributed by atoms with van der Waals surface area (Å²) in [5.41, 5.74) is 0. The fourth-order valence-corrected chi connectivity index (χ4v) is 6.73. The first-order valence-corrected chi connectivity index (χ1v) is 21.1. The van der Waals surface area contributed by atoms with Crippen LogP contribution < -0.4 is 5.32 Å². The van der Waals surface area contributed by atoms with Crippen LogP contribution in [0, 0.1) is 0 Å². The summed E-state index contributed by atoms with van der Waals surface area (Å²) in [5, 5.41) is 75.3. The zero-order valence-electron chi connectivity index (χ0n) is 32.8. The van der Waals surface area contributed by atoms with E-state index in [9.17, 15) is 40.5 Å². The minimum atomic E-state index is -1.66. The van der Waals surface area contributed by atoms with Crippen molar-refractivity contribution in [3.05, 3.63) is 12.2 Å². The van der Waals surface area contributed by atoms with Crippen molar-refractivity contribution in [1.29, 1.82) is 0 Å². The molecule has 9 unspecified atom stereocenters. The molecule has 0 aromatic heterocycles. The summed E-state index contributed by atoms with van der Waals surface area (Å²) in [6.45, 7) is 3.39. The molecular weight excluding hydrogens is 666 g/mol. The maximum absolute atomic E-state index is 13.0. The summed E-state index contributed by atoms with van der Waals surface area (Å²) in [6.07, 6.45) is 19.8. The normalized spacial score (nSPS) is 23.1. The van der Waals surface area contributed by atoms with E-state index in [1.807, 2.05) is 0 Å². The first-order valence-electron chi connectivity index (χ1n) is 21.1. The highest BCUT2D eigenvalue weighted by Gasteiger charge is 2.44. The van der Waals surface area contributed by atoms with E-state index in [0.29, 0.717) is 19.3 Å². The maximum Gasteiger partial charge on any atom is 0.249 e. The lowest BCUT2D eigenvalue weighted by Crippen LogP contribution is -2.60. The Morgan fingerprint density at radius 1 is 0.654 bits per heavy atom. The van der Waals surface area contributed by atoms with E-state index in [0.717, 1.165) is 38.5 Å². The molecule has 308 valence electrons. The van der Waals surface area contributed by atoms with Gasteiger partial charge in [0.1, 0.15) is 36.6 Å². The van der Waals surface area contributed by atoms with Gasteiger partial charge in [-0.3, -0.25) is 4.79 Å². The number of hydrogen-bond acceptors (Lipinski definition) is 10. The van der Waals surface area contributed by atoms with Crippen molar-refractivity contribution in [2.24, 2.45) is 0 Å². The van der Waals surface area contributed by atoms with Gasteiger partial charge in [0.15, 0.2) is 6.29 Å². The van der Waals surface area contributed by atoms with Crippen molar-refractivity contribution in [2.75, 3.05) is 13.2 Å². The van der Waals surface area contributed by atoms with Crippen LogP contribution in [-0.2, 0) is 14.3 Å². The van der Waals surface area contributed by atoms with Gasteiger partial charge in [0.25, 0.3) is 0 Å². The molecule has 0 aliphatic carbocycles. The first kappa shape index (κ1) is 48.9. The number of amides is 1. The van der Waals surface area contributed by atoms with Crippen LogP contribution in [0.5, 0.6) is 0 Å². The van der Waals surface area contributed by atoms with Crippen LogP contribution in [0.3, 0.4) is 0 Å². The molecule has 11 nitrogen and oxygen atoms in total. The van der Waals surface area contributed by atoms with Crippen molar-refractivity contribution >= 4 is 5.91 Å². The summed E-state index contributed by atoms with van der Waals surface area (Å²) < 4.78 is 11.0. The number of nitrogens with one attached hydrogen (secondary N) is 1.